The van der Waals surface area contributed by atoms with Crippen LogP contribution in [0, 0.1) is 11.3 Å². The summed E-state index contributed by atoms with van der Waals surface area (Å²) in [7, 11) is 1.96. The first kappa shape index (κ1) is 13.3. The summed E-state index contributed by atoms with van der Waals surface area (Å²) < 4.78 is 0. The van der Waals surface area contributed by atoms with E-state index in [2.05, 4.69) is 36.6 Å². The second kappa shape index (κ2) is 5.68. The third-order valence-electron chi connectivity index (χ3n) is 2.98. The van der Waals surface area contributed by atoms with Gasteiger partial charge in [0.05, 0.1) is 23.0 Å². The van der Waals surface area contributed by atoms with Gasteiger partial charge in [-0.25, -0.2) is 0 Å². The van der Waals surface area contributed by atoms with Gasteiger partial charge in [-0.1, -0.05) is 0 Å². The summed E-state index contributed by atoms with van der Waals surface area (Å²) in [5.41, 5.74) is 9.14. The van der Waals surface area contributed by atoms with Crippen LogP contribution in [0.15, 0.2) is 47.4 Å². The van der Waals surface area contributed by atoms with Crippen LogP contribution in [0.1, 0.15) is 5.56 Å². The fourth-order valence-corrected chi connectivity index (χ4v) is 2.28. The molecule has 0 fully saturated rings. The predicted octanol–water partition coefficient (Wildman–Crippen LogP) is 3.63. The highest BCUT2D eigenvalue weighted by Gasteiger charge is 2.08. The molecule has 2 N–H and O–H groups in total. The summed E-state index contributed by atoms with van der Waals surface area (Å²) in [4.78, 5) is 3.24. The molecular formula is C15H15N3S. The lowest BCUT2D eigenvalue weighted by atomic mass is 10.1. The zero-order valence-electron chi connectivity index (χ0n) is 10.9. The maximum atomic E-state index is 8.84. The Labute approximate surface area is 117 Å². The summed E-state index contributed by atoms with van der Waals surface area (Å²) in [6.07, 6.45) is 2.05. The maximum absolute atomic E-state index is 8.84. The normalized spacial score (nSPS) is 9.95. The largest absolute Gasteiger partial charge is 0.397 e. The molecule has 0 bridgehead atoms. The Morgan fingerprint density at radius 1 is 1.16 bits per heavy atom. The van der Waals surface area contributed by atoms with E-state index in [0.717, 1.165) is 11.4 Å². The van der Waals surface area contributed by atoms with Crippen LogP contribution in [0.25, 0.3) is 0 Å². The van der Waals surface area contributed by atoms with Crippen molar-refractivity contribution in [3.63, 3.8) is 0 Å². The van der Waals surface area contributed by atoms with Crippen LogP contribution in [0.5, 0.6) is 0 Å². The van der Waals surface area contributed by atoms with Crippen molar-refractivity contribution in [3.8, 4) is 6.07 Å². The summed E-state index contributed by atoms with van der Waals surface area (Å²) in [5, 5.41) is 8.84. The van der Waals surface area contributed by atoms with E-state index in [9.17, 15) is 0 Å². The maximum Gasteiger partial charge on any atom is 0.0992 e. The van der Waals surface area contributed by atoms with Crippen LogP contribution in [0.3, 0.4) is 0 Å². The number of hydrogen-bond acceptors (Lipinski definition) is 4. The summed E-state index contributed by atoms with van der Waals surface area (Å²) in [6, 6.07) is 15.7. The first-order valence-electron chi connectivity index (χ1n) is 5.83. The average Bonchev–Trinajstić information content (AvgIpc) is 2.46. The number of anilines is 3. The lowest BCUT2D eigenvalue weighted by Crippen LogP contribution is -2.11. The zero-order valence-corrected chi connectivity index (χ0v) is 11.7. The molecule has 0 amide bonds. The van der Waals surface area contributed by atoms with Crippen LogP contribution >= 0.6 is 11.8 Å². The average molecular weight is 269 g/mol. The molecular weight excluding hydrogens is 254 g/mol. The van der Waals surface area contributed by atoms with Crippen LogP contribution in [-0.2, 0) is 0 Å². The number of nitrogens with two attached hydrogens (primary N) is 1. The van der Waals surface area contributed by atoms with Crippen molar-refractivity contribution in [2.45, 2.75) is 4.90 Å². The van der Waals surface area contributed by atoms with Crippen LogP contribution in [0.2, 0.25) is 0 Å². The molecule has 0 unspecified atom stereocenters. The topological polar surface area (TPSA) is 53.0 Å². The summed E-state index contributed by atoms with van der Waals surface area (Å²) in [5.74, 6) is 0. The van der Waals surface area contributed by atoms with Gasteiger partial charge in [0.1, 0.15) is 0 Å². The number of nitriles is 1. The molecule has 2 aromatic carbocycles. The van der Waals surface area contributed by atoms with Gasteiger partial charge in [-0.15, -0.1) is 11.8 Å². The molecule has 2 rings (SSSR count). The van der Waals surface area contributed by atoms with E-state index in [1.807, 2.05) is 18.0 Å². The standard InChI is InChI=1S/C15H15N3S/c1-18(12-4-6-13(19-2)7-5-12)15-8-3-11(10-16)9-14(15)17/h3-9H,17H2,1-2H3. The van der Waals surface area contributed by atoms with Crippen molar-refractivity contribution in [2.24, 2.45) is 0 Å². The summed E-state index contributed by atoms with van der Waals surface area (Å²) in [6.45, 7) is 0. The van der Waals surface area contributed by atoms with Gasteiger partial charge < -0.3 is 10.6 Å². The van der Waals surface area contributed by atoms with E-state index in [1.165, 1.54) is 4.90 Å². The van der Waals surface area contributed by atoms with Gasteiger partial charge in [0, 0.05) is 17.6 Å². The number of rotatable bonds is 3. The van der Waals surface area contributed by atoms with Gasteiger partial charge in [0.15, 0.2) is 0 Å². The van der Waals surface area contributed by atoms with Crippen molar-refractivity contribution in [2.75, 3.05) is 23.9 Å². The molecule has 0 saturated carbocycles. The Morgan fingerprint density at radius 2 is 1.84 bits per heavy atom. The smallest absolute Gasteiger partial charge is 0.0992 e. The number of hydrogen-bond donors (Lipinski definition) is 1. The Kier molecular flexibility index (Phi) is 3.98. The minimum Gasteiger partial charge on any atom is -0.397 e. The highest BCUT2D eigenvalue weighted by molar-refractivity contribution is 7.98. The fourth-order valence-electron chi connectivity index (χ4n) is 1.87. The van der Waals surface area contributed by atoms with E-state index in [4.69, 9.17) is 11.0 Å². The predicted molar refractivity (Wildman–Crippen MR) is 81.9 cm³/mol. The minimum absolute atomic E-state index is 0.576. The van der Waals surface area contributed by atoms with Crippen molar-refractivity contribution in [1.29, 1.82) is 5.26 Å². The quantitative estimate of drug-likeness (QED) is 0.683. The molecule has 0 radical (unpaired) electrons. The number of nitrogens with zero attached hydrogens (tertiary/aromatic N) is 2. The van der Waals surface area contributed by atoms with Gasteiger partial charge in [0.25, 0.3) is 0 Å². The van der Waals surface area contributed by atoms with Crippen molar-refractivity contribution < 1.29 is 0 Å². The van der Waals surface area contributed by atoms with Gasteiger partial charge >= 0.3 is 0 Å². The van der Waals surface area contributed by atoms with Gasteiger partial charge in [-0.05, 0) is 48.7 Å². The van der Waals surface area contributed by atoms with Gasteiger partial charge in [-0.2, -0.15) is 5.26 Å². The molecule has 0 aliphatic rings. The Morgan fingerprint density at radius 3 is 2.37 bits per heavy atom. The second-order valence-corrected chi connectivity index (χ2v) is 5.02. The number of thioether (sulfide) groups is 1. The van der Waals surface area contributed by atoms with E-state index in [1.54, 1.807) is 23.9 Å². The molecule has 0 aliphatic heterocycles. The van der Waals surface area contributed by atoms with E-state index >= 15 is 0 Å². The Hall–Kier alpha value is -2.12. The van der Waals surface area contributed by atoms with Crippen LogP contribution in [-0.4, -0.2) is 13.3 Å². The fraction of sp³-hybridized carbons (Fsp3) is 0.133. The first-order valence-corrected chi connectivity index (χ1v) is 7.05. The molecule has 0 aliphatic carbocycles. The zero-order chi connectivity index (χ0) is 13.8. The lowest BCUT2D eigenvalue weighted by Gasteiger charge is -2.21. The molecule has 96 valence electrons. The van der Waals surface area contributed by atoms with Crippen molar-refractivity contribution in [3.05, 3.63) is 48.0 Å². The van der Waals surface area contributed by atoms with E-state index in [0.29, 0.717) is 11.3 Å². The highest BCUT2D eigenvalue weighted by atomic mass is 32.2. The molecule has 0 aromatic heterocycles. The Bertz CT molecular complexity index is 614. The van der Waals surface area contributed by atoms with Crippen LogP contribution < -0.4 is 10.6 Å². The molecule has 3 nitrogen and oxygen atoms in total. The molecule has 2 aromatic rings. The second-order valence-electron chi connectivity index (χ2n) is 4.14. The third-order valence-corrected chi connectivity index (χ3v) is 3.72. The van der Waals surface area contributed by atoms with E-state index < -0.39 is 0 Å². The minimum atomic E-state index is 0.576. The lowest BCUT2D eigenvalue weighted by molar-refractivity contribution is 1.20. The van der Waals surface area contributed by atoms with Crippen molar-refractivity contribution >= 4 is 28.8 Å². The monoisotopic (exact) mass is 269 g/mol. The number of benzene rings is 2. The first-order chi connectivity index (χ1) is 9.15. The number of nitrogen functional groups attached to an aromatic ring is 1. The van der Waals surface area contributed by atoms with Gasteiger partial charge in [-0.3, -0.25) is 0 Å². The highest BCUT2D eigenvalue weighted by Crippen LogP contribution is 2.30. The Balaban J connectivity index is 2.33. The summed E-state index contributed by atoms with van der Waals surface area (Å²) >= 11 is 1.71. The molecule has 0 heterocycles. The van der Waals surface area contributed by atoms with Crippen LogP contribution in [0.4, 0.5) is 17.1 Å². The molecule has 19 heavy (non-hydrogen) atoms. The van der Waals surface area contributed by atoms with Gasteiger partial charge in [0.2, 0.25) is 0 Å². The molecule has 0 saturated heterocycles. The third kappa shape index (κ3) is 2.83. The van der Waals surface area contributed by atoms with E-state index in [-0.39, 0.29) is 0 Å². The molecule has 0 atom stereocenters. The molecule has 0 spiro atoms. The molecule has 4 heteroatoms. The SMILES string of the molecule is CSc1ccc(N(C)c2ccc(C#N)cc2N)cc1. The van der Waals surface area contributed by atoms with Crippen molar-refractivity contribution in [1.82, 2.24) is 0 Å².